The van der Waals surface area contributed by atoms with E-state index in [1.165, 1.54) is 0 Å². The normalized spacial score (nSPS) is 17.9. The average Bonchev–Trinajstić information content (AvgIpc) is 2.38. The fraction of sp³-hybridized carbons (Fsp3) is 0.917. The van der Waals surface area contributed by atoms with Crippen molar-refractivity contribution in [2.24, 2.45) is 5.73 Å². The van der Waals surface area contributed by atoms with E-state index in [1.807, 2.05) is 0 Å². The van der Waals surface area contributed by atoms with E-state index in [4.69, 9.17) is 15.2 Å². The molecule has 0 aromatic heterocycles. The van der Waals surface area contributed by atoms with Crippen molar-refractivity contribution in [2.75, 3.05) is 53.0 Å². The quantitative estimate of drug-likeness (QED) is 0.558. The Labute approximate surface area is 109 Å². The number of methoxy groups -OCH3 is 1. The Morgan fingerprint density at radius 1 is 1.39 bits per heavy atom. The van der Waals surface area contributed by atoms with Crippen molar-refractivity contribution >= 4 is 5.91 Å². The van der Waals surface area contributed by atoms with Crippen molar-refractivity contribution in [3.05, 3.63) is 0 Å². The maximum Gasteiger partial charge on any atom is 0.234 e. The van der Waals surface area contributed by atoms with Crippen LogP contribution in [0.2, 0.25) is 0 Å². The van der Waals surface area contributed by atoms with Crippen LogP contribution in [0.25, 0.3) is 0 Å². The minimum atomic E-state index is 0.0633. The summed E-state index contributed by atoms with van der Waals surface area (Å²) in [5.41, 5.74) is 5.40. The topological polar surface area (TPSA) is 76.8 Å². The predicted molar refractivity (Wildman–Crippen MR) is 69.4 cm³/mol. The molecule has 0 aromatic rings. The predicted octanol–water partition coefficient (Wildman–Crippen LogP) is -0.811. The molecule has 106 valence electrons. The molecule has 3 N–H and O–H groups in total. The van der Waals surface area contributed by atoms with E-state index in [9.17, 15) is 4.79 Å². The van der Waals surface area contributed by atoms with E-state index >= 15 is 0 Å². The Morgan fingerprint density at radius 3 is 2.72 bits per heavy atom. The first-order valence-electron chi connectivity index (χ1n) is 6.56. The highest BCUT2D eigenvalue weighted by molar-refractivity contribution is 5.77. The van der Waals surface area contributed by atoms with Gasteiger partial charge in [0.25, 0.3) is 0 Å². The average molecular weight is 259 g/mol. The fourth-order valence-electron chi connectivity index (χ4n) is 2.02. The Kier molecular flexibility index (Phi) is 7.91. The van der Waals surface area contributed by atoms with Gasteiger partial charge in [-0.25, -0.2) is 0 Å². The third-order valence-corrected chi connectivity index (χ3v) is 3.00. The molecule has 6 nitrogen and oxygen atoms in total. The summed E-state index contributed by atoms with van der Waals surface area (Å²) in [6.45, 7) is 4.61. The molecule has 0 aliphatic carbocycles. The SMILES string of the molecule is COCCNC(=O)CN1CCC(OCCN)CC1. The zero-order valence-corrected chi connectivity index (χ0v) is 11.2. The van der Waals surface area contributed by atoms with Crippen LogP contribution in [0.3, 0.4) is 0 Å². The van der Waals surface area contributed by atoms with Crippen LogP contribution >= 0.6 is 0 Å². The number of nitrogens with zero attached hydrogens (tertiary/aromatic N) is 1. The summed E-state index contributed by atoms with van der Waals surface area (Å²) < 4.78 is 10.5. The smallest absolute Gasteiger partial charge is 0.234 e. The molecule has 0 radical (unpaired) electrons. The minimum absolute atomic E-state index is 0.0633. The van der Waals surface area contributed by atoms with Crippen LogP contribution in [0, 0.1) is 0 Å². The maximum atomic E-state index is 11.6. The van der Waals surface area contributed by atoms with Crippen LogP contribution in [-0.4, -0.2) is 70.0 Å². The summed E-state index contributed by atoms with van der Waals surface area (Å²) in [7, 11) is 1.62. The molecule has 1 aliphatic rings. The van der Waals surface area contributed by atoms with Crippen molar-refractivity contribution in [2.45, 2.75) is 18.9 Å². The number of hydrogen-bond donors (Lipinski definition) is 2. The summed E-state index contributed by atoms with van der Waals surface area (Å²) in [5, 5.41) is 2.82. The van der Waals surface area contributed by atoms with Gasteiger partial charge in [-0.15, -0.1) is 0 Å². The number of ether oxygens (including phenoxy) is 2. The second kappa shape index (κ2) is 9.27. The van der Waals surface area contributed by atoms with Crippen LogP contribution in [0.5, 0.6) is 0 Å². The molecule has 1 aliphatic heterocycles. The second-order valence-electron chi connectivity index (χ2n) is 4.48. The molecule has 0 bridgehead atoms. The lowest BCUT2D eigenvalue weighted by molar-refractivity contribution is -0.123. The van der Waals surface area contributed by atoms with Gasteiger partial charge in [0.15, 0.2) is 0 Å². The minimum Gasteiger partial charge on any atom is -0.383 e. The number of nitrogens with two attached hydrogens (primary N) is 1. The van der Waals surface area contributed by atoms with Crippen molar-refractivity contribution in [1.82, 2.24) is 10.2 Å². The molecule has 1 amide bonds. The number of piperidine rings is 1. The number of hydrogen-bond acceptors (Lipinski definition) is 5. The monoisotopic (exact) mass is 259 g/mol. The van der Waals surface area contributed by atoms with Gasteiger partial charge in [0.05, 0.1) is 25.9 Å². The van der Waals surface area contributed by atoms with Gasteiger partial charge in [-0.05, 0) is 12.8 Å². The summed E-state index contributed by atoms with van der Waals surface area (Å²) in [6, 6.07) is 0. The van der Waals surface area contributed by atoms with Crippen LogP contribution in [0.15, 0.2) is 0 Å². The molecular formula is C12H25N3O3. The number of carbonyl (C=O) groups is 1. The van der Waals surface area contributed by atoms with Gasteiger partial charge >= 0.3 is 0 Å². The van der Waals surface area contributed by atoms with Crippen molar-refractivity contribution < 1.29 is 14.3 Å². The zero-order chi connectivity index (χ0) is 13.2. The first kappa shape index (κ1) is 15.4. The number of rotatable bonds is 8. The molecule has 1 fully saturated rings. The Balaban J connectivity index is 2.09. The van der Waals surface area contributed by atoms with E-state index in [0.29, 0.717) is 39.0 Å². The molecule has 0 unspecified atom stereocenters. The number of nitrogens with one attached hydrogen (secondary N) is 1. The molecule has 0 atom stereocenters. The molecule has 1 saturated heterocycles. The van der Waals surface area contributed by atoms with Crippen LogP contribution < -0.4 is 11.1 Å². The molecular weight excluding hydrogens is 234 g/mol. The fourth-order valence-corrected chi connectivity index (χ4v) is 2.02. The van der Waals surface area contributed by atoms with Crippen molar-refractivity contribution in [3.8, 4) is 0 Å². The molecule has 6 heteroatoms. The summed E-state index contributed by atoms with van der Waals surface area (Å²) >= 11 is 0. The van der Waals surface area contributed by atoms with Crippen molar-refractivity contribution in [1.29, 1.82) is 0 Å². The standard InChI is InChI=1S/C12H25N3O3/c1-17-9-5-14-12(16)10-15-6-2-11(3-7-15)18-8-4-13/h11H,2-10,13H2,1H3,(H,14,16). The lowest BCUT2D eigenvalue weighted by Gasteiger charge is -2.31. The zero-order valence-electron chi connectivity index (χ0n) is 11.2. The molecule has 18 heavy (non-hydrogen) atoms. The van der Waals surface area contributed by atoms with Crippen LogP contribution in [0.4, 0.5) is 0 Å². The lowest BCUT2D eigenvalue weighted by Crippen LogP contribution is -2.43. The molecule has 1 rings (SSSR count). The Morgan fingerprint density at radius 2 is 2.11 bits per heavy atom. The molecule has 0 spiro atoms. The van der Waals surface area contributed by atoms with Gasteiger partial charge in [-0.3, -0.25) is 9.69 Å². The highest BCUT2D eigenvalue weighted by Crippen LogP contribution is 2.12. The largest absolute Gasteiger partial charge is 0.383 e. The third-order valence-electron chi connectivity index (χ3n) is 3.00. The van der Waals surface area contributed by atoms with E-state index in [1.54, 1.807) is 7.11 Å². The summed E-state index contributed by atoms with van der Waals surface area (Å²) in [4.78, 5) is 13.7. The van der Waals surface area contributed by atoms with Gasteiger partial charge in [-0.1, -0.05) is 0 Å². The number of amides is 1. The molecule has 0 aromatic carbocycles. The number of carbonyl (C=O) groups excluding carboxylic acids is 1. The van der Waals surface area contributed by atoms with Crippen molar-refractivity contribution in [3.63, 3.8) is 0 Å². The Bertz CT molecular complexity index is 231. The van der Waals surface area contributed by atoms with Gasteiger partial charge in [-0.2, -0.15) is 0 Å². The maximum absolute atomic E-state index is 11.6. The first-order valence-corrected chi connectivity index (χ1v) is 6.56. The van der Waals surface area contributed by atoms with E-state index in [2.05, 4.69) is 10.2 Å². The third kappa shape index (κ3) is 6.30. The van der Waals surface area contributed by atoms with Crippen LogP contribution in [0.1, 0.15) is 12.8 Å². The van der Waals surface area contributed by atoms with Gasteiger partial charge in [0.2, 0.25) is 5.91 Å². The van der Waals surface area contributed by atoms with E-state index in [0.717, 1.165) is 25.9 Å². The Hall–Kier alpha value is -0.690. The molecule has 1 heterocycles. The number of likely N-dealkylation sites (tertiary alicyclic amines) is 1. The van der Waals surface area contributed by atoms with Gasteiger partial charge in [0.1, 0.15) is 0 Å². The van der Waals surface area contributed by atoms with E-state index in [-0.39, 0.29) is 5.91 Å². The van der Waals surface area contributed by atoms with Gasteiger partial charge in [0, 0.05) is 33.3 Å². The second-order valence-corrected chi connectivity index (χ2v) is 4.48. The van der Waals surface area contributed by atoms with Gasteiger partial charge < -0.3 is 20.5 Å². The highest BCUT2D eigenvalue weighted by Gasteiger charge is 2.20. The first-order chi connectivity index (χ1) is 8.76. The highest BCUT2D eigenvalue weighted by atomic mass is 16.5. The lowest BCUT2D eigenvalue weighted by atomic mass is 10.1. The molecule has 0 saturated carbocycles. The van der Waals surface area contributed by atoms with Crippen LogP contribution in [-0.2, 0) is 14.3 Å². The summed E-state index contributed by atoms with van der Waals surface area (Å²) in [6.07, 6.45) is 2.26. The summed E-state index contributed by atoms with van der Waals surface area (Å²) in [5.74, 6) is 0.0633. The van der Waals surface area contributed by atoms with E-state index < -0.39 is 0 Å².